The zero-order chi connectivity index (χ0) is 24.7. The molecule has 0 bridgehead atoms. The fourth-order valence-electron chi connectivity index (χ4n) is 4.57. The van der Waals surface area contributed by atoms with E-state index in [1.807, 2.05) is 85.3 Å². The van der Waals surface area contributed by atoms with Gasteiger partial charge in [-0.05, 0) is 73.7 Å². The van der Waals surface area contributed by atoms with Crippen LogP contribution in [0.3, 0.4) is 0 Å². The molecule has 35 heavy (non-hydrogen) atoms. The maximum absolute atomic E-state index is 12.9. The van der Waals surface area contributed by atoms with Crippen molar-refractivity contribution in [3.8, 4) is 0 Å². The Morgan fingerprint density at radius 3 is 2.40 bits per heavy atom. The third kappa shape index (κ3) is 4.48. The Morgan fingerprint density at radius 2 is 1.77 bits per heavy atom. The maximum Gasteiger partial charge on any atom is 0.314 e. The average Bonchev–Trinajstić information content (AvgIpc) is 3.61. The highest BCUT2D eigenvalue weighted by Gasteiger charge is 2.51. The van der Waals surface area contributed by atoms with Crippen LogP contribution in [0.5, 0.6) is 0 Å². The topological polar surface area (TPSA) is 84.2 Å². The van der Waals surface area contributed by atoms with Crippen LogP contribution in [0.2, 0.25) is 0 Å². The van der Waals surface area contributed by atoms with Crippen molar-refractivity contribution in [2.24, 2.45) is 0 Å². The third-order valence-corrected chi connectivity index (χ3v) is 7.44. The number of aliphatic carboxylic acids is 1. The van der Waals surface area contributed by atoms with Gasteiger partial charge in [0.1, 0.15) is 0 Å². The molecule has 6 nitrogen and oxygen atoms in total. The lowest BCUT2D eigenvalue weighted by Gasteiger charge is -2.14. The van der Waals surface area contributed by atoms with E-state index in [0.717, 1.165) is 37.8 Å². The van der Waals surface area contributed by atoms with Crippen molar-refractivity contribution < 1.29 is 14.7 Å². The second kappa shape index (κ2) is 8.96. The molecule has 1 heterocycles. The Kier molecular flexibility index (Phi) is 5.97. The smallest absolute Gasteiger partial charge is 0.314 e. The van der Waals surface area contributed by atoms with Gasteiger partial charge in [-0.1, -0.05) is 52.3 Å². The first kappa shape index (κ1) is 23.3. The minimum absolute atomic E-state index is 0.117. The molecule has 0 radical (unpaired) electrons. The number of nitrogens with one attached hydrogen (secondary N) is 1. The average molecular weight is 532 g/mol. The molecule has 1 saturated carbocycles. The van der Waals surface area contributed by atoms with Crippen LogP contribution in [-0.2, 0) is 16.8 Å². The molecule has 4 aromatic rings. The van der Waals surface area contributed by atoms with E-state index in [1.54, 1.807) is 0 Å². The number of rotatable bonds is 7. The number of fused-ring (bicyclic) bond motifs is 1. The van der Waals surface area contributed by atoms with Gasteiger partial charge in [0.25, 0.3) is 5.91 Å². The Bertz CT molecular complexity index is 1420. The number of benzene rings is 3. The first-order valence-electron chi connectivity index (χ1n) is 11.6. The van der Waals surface area contributed by atoms with E-state index in [9.17, 15) is 14.7 Å². The predicted octanol–water partition coefficient (Wildman–Crippen LogP) is 5.76. The number of aryl methyl sites for hydroxylation is 1. The van der Waals surface area contributed by atoms with Crippen molar-refractivity contribution in [2.45, 2.75) is 44.7 Å². The van der Waals surface area contributed by atoms with Crippen molar-refractivity contribution in [1.29, 1.82) is 0 Å². The summed E-state index contributed by atoms with van der Waals surface area (Å²) in [4.78, 5) is 24.5. The second-order valence-electron chi connectivity index (χ2n) is 9.31. The summed E-state index contributed by atoms with van der Waals surface area (Å²) < 4.78 is 2.93. The summed E-state index contributed by atoms with van der Waals surface area (Å²) in [6.45, 7) is 4.48. The lowest BCUT2D eigenvalue weighted by molar-refractivity contribution is -0.140. The van der Waals surface area contributed by atoms with Gasteiger partial charge in [0.15, 0.2) is 0 Å². The molecular weight excluding hydrogens is 506 g/mol. The SMILES string of the molecule is Cc1nn(Cc2ccc(C3(C(=O)O)CC3)cc2)c2ccc(C(=O)N[C@@H](C)c3ccc(Br)cc3)cc12. The lowest BCUT2D eigenvalue weighted by Crippen LogP contribution is -2.26. The molecule has 1 aromatic heterocycles. The largest absolute Gasteiger partial charge is 0.481 e. The van der Waals surface area contributed by atoms with Crippen LogP contribution in [0.4, 0.5) is 0 Å². The molecule has 5 rings (SSSR count). The highest BCUT2D eigenvalue weighted by atomic mass is 79.9. The number of hydrogen-bond acceptors (Lipinski definition) is 3. The van der Waals surface area contributed by atoms with Gasteiger partial charge in [-0.25, -0.2) is 0 Å². The summed E-state index contributed by atoms with van der Waals surface area (Å²) in [5, 5.41) is 18.2. The molecule has 0 aliphatic heterocycles. The van der Waals surface area contributed by atoms with Crippen molar-refractivity contribution in [3.63, 3.8) is 0 Å². The summed E-state index contributed by atoms with van der Waals surface area (Å²) >= 11 is 3.44. The minimum Gasteiger partial charge on any atom is -0.481 e. The molecule has 1 atom stereocenters. The molecule has 3 aromatic carbocycles. The first-order valence-corrected chi connectivity index (χ1v) is 12.4. The predicted molar refractivity (Wildman–Crippen MR) is 139 cm³/mol. The van der Waals surface area contributed by atoms with E-state index in [4.69, 9.17) is 5.10 Å². The van der Waals surface area contributed by atoms with E-state index in [1.165, 1.54) is 0 Å². The van der Waals surface area contributed by atoms with Gasteiger partial charge in [-0.2, -0.15) is 5.10 Å². The Balaban J connectivity index is 1.33. The van der Waals surface area contributed by atoms with Crippen LogP contribution in [-0.4, -0.2) is 26.8 Å². The minimum atomic E-state index is -0.745. The second-order valence-corrected chi connectivity index (χ2v) is 10.2. The number of carbonyl (C=O) groups excluding carboxylic acids is 1. The van der Waals surface area contributed by atoms with E-state index >= 15 is 0 Å². The van der Waals surface area contributed by atoms with Crippen LogP contribution in [0.25, 0.3) is 10.9 Å². The standard InChI is InChI=1S/C28H26BrN3O3/c1-17(20-5-10-23(29)11-6-20)30-26(33)21-7-12-25-24(15-21)18(2)31-32(25)16-19-3-8-22(9-4-19)28(13-14-28)27(34)35/h3-12,15,17H,13-14,16H2,1-2H3,(H,30,33)(H,34,35)/t17-/m0/s1. The molecule has 0 unspecified atom stereocenters. The number of halogens is 1. The van der Waals surface area contributed by atoms with Crippen molar-refractivity contribution in [1.82, 2.24) is 15.1 Å². The number of amides is 1. The van der Waals surface area contributed by atoms with E-state index in [2.05, 4.69) is 21.2 Å². The molecule has 7 heteroatoms. The van der Waals surface area contributed by atoms with Gasteiger partial charge in [0.2, 0.25) is 0 Å². The maximum atomic E-state index is 12.9. The summed E-state index contributed by atoms with van der Waals surface area (Å²) in [5.74, 6) is -0.873. The Hall–Kier alpha value is -3.45. The van der Waals surface area contributed by atoms with E-state index in [0.29, 0.717) is 24.9 Å². The van der Waals surface area contributed by atoms with Gasteiger partial charge in [-0.15, -0.1) is 0 Å². The van der Waals surface area contributed by atoms with Gasteiger partial charge in [0, 0.05) is 15.4 Å². The van der Waals surface area contributed by atoms with Crippen molar-refractivity contribution >= 4 is 38.7 Å². The molecule has 178 valence electrons. The van der Waals surface area contributed by atoms with Crippen LogP contribution >= 0.6 is 15.9 Å². The normalized spacial score (nSPS) is 15.1. The van der Waals surface area contributed by atoms with Gasteiger partial charge in [0.05, 0.1) is 29.2 Å². The lowest BCUT2D eigenvalue weighted by atomic mass is 9.95. The van der Waals surface area contributed by atoms with Crippen LogP contribution in [0.1, 0.15) is 58.5 Å². The fourth-order valence-corrected chi connectivity index (χ4v) is 4.83. The molecule has 1 aliphatic carbocycles. The van der Waals surface area contributed by atoms with Crippen LogP contribution < -0.4 is 5.32 Å². The molecule has 0 spiro atoms. The molecule has 1 aliphatic rings. The quantitative estimate of drug-likeness (QED) is 0.317. The molecule has 1 amide bonds. The van der Waals surface area contributed by atoms with Gasteiger partial charge in [-0.3, -0.25) is 14.3 Å². The first-order chi connectivity index (χ1) is 16.8. The summed E-state index contributed by atoms with van der Waals surface area (Å²) in [6.07, 6.45) is 1.39. The zero-order valence-corrected chi connectivity index (χ0v) is 21.2. The van der Waals surface area contributed by atoms with Crippen molar-refractivity contribution in [2.75, 3.05) is 0 Å². The number of carboxylic acids is 1. The van der Waals surface area contributed by atoms with Crippen LogP contribution in [0, 0.1) is 6.92 Å². The van der Waals surface area contributed by atoms with Gasteiger partial charge >= 0.3 is 5.97 Å². The number of carbonyl (C=O) groups is 2. The number of nitrogens with zero attached hydrogens (tertiary/aromatic N) is 2. The summed E-state index contributed by atoms with van der Waals surface area (Å²) in [5.41, 5.74) is 4.65. The number of carboxylic acid groups (broad SMARTS) is 1. The highest BCUT2D eigenvalue weighted by molar-refractivity contribution is 9.10. The zero-order valence-electron chi connectivity index (χ0n) is 19.6. The van der Waals surface area contributed by atoms with E-state index < -0.39 is 11.4 Å². The number of aromatic nitrogens is 2. The third-order valence-electron chi connectivity index (χ3n) is 6.91. The monoisotopic (exact) mass is 531 g/mol. The fraction of sp³-hybridized carbons (Fsp3) is 0.250. The number of hydrogen-bond donors (Lipinski definition) is 2. The Morgan fingerprint density at radius 1 is 1.09 bits per heavy atom. The molecular formula is C28H26BrN3O3. The highest BCUT2D eigenvalue weighted by Crippen LogP contribution is 2.48. The van der Waals surface area contributed by atoms with E-state index in [-0.39, 0.29) is 11.9 Å². The molecule has 0 saturated heterocycles. The van der Waals surface area contributed by atoms with Crippen molar-refractivity contribution in [3.05, 3.63) is 99.2 Å². The molecule has 2 N–H and O–H groups in total. The Labute approximate surface area is 212 Å². The van der Waals surface area contributed by atoms with Crippen LogP contribution in [0.15, 0.2) is 71.2 Å². The molecule has 1 fully saturated rings. The van der Waals surface area contributed by atoms with Gasteiger partial charge < -0.3 is 10.4 Å². The summed E-state index contributed by atoms with van der Waals surface area (Å²) in [6, 6.07) is 21.3. The summed E-state index contributed by atoms with van der Waals surface area (Å²) in [7, 11) is 0.